The van der Waals surface area contributed by atoms with Crippen molar-refractivity contribution in [3.8, 4) is 11.5 Å². The van der Waals surface area contributed by atoms with E-state index < -0.39 is 12.0 Å². The molecule has 1 rings (SSSR count). The number of aliphatic carboxylic acids is 1. The lowest BCUT2D eigenvalue weighted by molar-refractivity contribution is -0.143. The molecule has 0 aliphatic rings. The minimum absolute atomic E-state index is 0.549. The van der Waals surface area contributed by atoms with Crippen LogP contribution < -0.4 is 9.47 Å². The molecule has 0 saturated heterocycles. The first-order chi connectivity index (χ1) is 10.1. The minimum Gasteiger partial charge on any atom is -0.493 e. The fraction of sp³-hybridized carbons (Fsp3) is 0.562. The highest BCUT2D eigenvalue weighted by Crippen LogP contribution is 2.32. The molecule has 0 aliphatic heterocycles. The molecule has 5 nitrogen and oxygen atoms in total. The third-order valence-electron chi connectivity index (χ3n) is 3.53. The minimum atomic E-state index is -0.847. The number of carbonyl (C=O) groups is 1. The first-order valence-electron chi connectivity index (χ1n) is 7.27. The summed E-state index contributed by atoms with van der Waals surface area (Å²) in [6, 6.07) is 4.61. The van der Waals surface area contributed by atoms with Crippen LogP contribution in [0.1, 0.15) is 38.3 Å². The van der Waals surface area contributed by atoms with E-state index in [0.29, 0.717) is 23.6 Å². The van der Waals surface area contributed by atoms with E-state index in [-0.39, 0.29) is 0 Å². The Kier molecular flexibility index (Phi) is 7.02. The molecule has 1 atom stereocenters. The third-order valence-corrected chi connectivity index (χ3v) is 3.53. The average molecular weight is 295 g/mol. The quantitative estimate of drug-likeness (QED) is 0.759. The molecule has 0 saturated carbocycles. The van der Waals surface area contributed by atoms with E-state index in [1.54, 1.807) is 32.4 Å². The van der Waals surface area contributed by atoms with E-state index in [1.807, 2.05) is 11.8 Å². The van der Waals surface area contributed by atoms with Crippen molar-refractivity contribution in [2.45, 2.75) is 32.7 Å². The first-order valence-corrected chi connectivity index (χ1v) is 7.27. The molecular formula is C16H25NO4. The molecule has 0 spiro atoms. The summed E-state index contributed by atoms with van der Waals surface area (Å²) in [7, 11) is 3.11. The van der Waals surface area contributed by atoms with Crippen LogP contribution in [0.25, 0.3) is 0 Å². The zero-order chi connectivity index (χ0) is 15.8. The van der Waals surface area contributed by atoms with Crippen molar-refractivity contribution in [3.63, 3.8) is 0 Å². The molecular weight excluding hydrogens is 270 g/mol. The van der Waals surface area contributed by atoms with Crippen LogP contribution in [0.3, 0.4) is 0 Å². The van der Waals surface area contributed by atoms with Crippen molar-refractivity contribution in [1.82, 2.24) is 4.90 Å². The summed E-state index contributed by atoms with van der Waals surface area (Å²) in [4.78, 5) is 13.7. The van der Waals surface area contributed by atoms with Gasteiger partial charge >= 0.3 is 5.97 Å². The molecule has 0 aliphatic carbocycles. The normalized spacial score (nSPS) is 12.2. The zero-order valence-electron chi connectivity index (χ0n) is 13.3. The molecule has 1 N–H and O–H groups in total. The van der Waals surface area contributed by atoms with Gasteiger partial charge < -0.3 is 14.6 Å². The summed E-state index contributed by atoms with van der Waals surface area (Å²) in [6.45, 7) is 5.52. The molecule has 21 heavy (non-hydrogen) atoms. The van der Waals surface area contributed by atoms with Crippen molar-refractivity contribution >= 4 is 5.97 Å². The highest BCUT2D eigenvalue weighted by Gasteiger charge is 2.27. The number of carboxylic acids is 1. The standard InChI is InChI=1S/C16H25NO4/c1-5-7-10-17(6-2)15(16(18)19)12-8-9-13(20-3)14(11-12)21-4/h8-9,11,15H,5-7,10H2,1-4H3,(H,18,19). The van der Waals surface area contributed by atoms with Gasteiger partial charge in [0.25, 0.3) is 0 Å². The number of likely N-dealkylation sites (N-methyl/N-ethyl adjacent to an activating group) is 1. The number of unbranched alkanes of at least 4 members (excludes halogenated alkanes) is 1. The highest BCUT2D eigenvalue weighted by atomic mass is 16.5. The van der Waals surface area contributed by atoms with Gasteiger partial charge in [-0.2, -0.15) is 0 Å². The fourth-order valence-corrected chi connectivity index (χ4v) is 2.36. The summed E-state index contributed by atoms with van der Waals surface area (Å²) in [5.41, 5.74) is 0.707. The van der Waals surface area contributed by atoms with Gasteiger partial charge in [0.15, 0.2) is 11.5 Å². The Balaban J connectivity index is 3.12. The van der Waals surface area contributed by atoms with Gasteiger partial charge in [-0.25, -0.2) is 0 Å². The van der Waals surface area contributed by atoms with Gasteiger partial charge in [0.2, 0.25) is 0 Å². The number of benzene rings is 1. The third kappa shape index (κ3) is 4.36. The Morgan fingerprint density at radius 1 is 1.24 bits per heavy atom. The molecule has 0 heterocycles. The number of rotatable bonds is 9. The van der Waals surface area contributed by atoms with Crippen molar-refractivity contribution < 1.29 is 19.4 Å². The highest BCUT2D eigenvalue weighted by molar-refractivity contribution is 5.76. The summed E-state index contributed by atoms with van der Waals surface area (Å²) < 4.78 is 10.5. The lowest BCUT2D eigenvalue weighted by Crippen LogP contribution is -2.34. The molecule has 1 aromatic carbocycles. The molecule has 1 aromatic rings. The summed E-state index contributed by atoms with van der Waals surface area (Å²) in [6.07, 6.45) is 2.01. The molecule has 0 fully saturated rings. The van der Waals surface area contributed by atoms with Gasteiger partial charge in [-0.05, 0) is 37.2 Å². The second kappa shape index (κ2) is 8.52. The smallest absolute Gasteiger partial charge is 0.325 e. The topological polar surface area (TPSA) is 59.0 Å². The Hall–Kier alpha value is -1.75. The van der Waals surface area contributed by atoms with Crippen LogP contribution >= 0.6 is 0 Å². The Bertz CT molecular complexity index is 462. The number of hydrogen-bond donors (Lipinski definition) is 1. The van der Waals surface area contributed by atoms with E-state index in [2.05, 4.69) is 6.92 Å². The van der Waals surface area contributed by atoms with Crippen LogP contribution in [0.15, 0.2) is 18.2 Å². The summed E-state index contributed by atoms with van der Waals surface area (Å²) in [5, 5.41) is 9.60. The number of carboxylic acid groups (broad SMARTS) is 1. The van der Waals surface area contributed by atoms with Crippen molar-refractivity contribution in [3.05, 3.63) is 23.8 Å². The van der Waals surface area contributed by atoms with Crippen molar-refractivity contribution in [1.29, 1.82) is 0 Å². The van der Waals surface area contributed by atoms with Gasteiger partial charge in [-0.3, -0.25) is 9.69 Å². The predicted molar refractivity (Wildman–Crippen MR) is 82.1 cm³/mol. The molecule has 0 bridgehead atoms. The number of ether oxygens (including phenoxy) is 2. The van der Waals surface area contributed by atoms with Gasteiger partial charge in [0, 0.05) is 0 Å². The number of nitrogens with zero attached hydrogens (tertiary/aromatic N) is 1. The molecule has 0 aromatic heterocycles. The Labute approximate surface area is 126 Å². The first kappa shape index (κ1) is 17.3. The summed E-state index contributed by atoms with van der Waals surface area (Å²) >= 11 is 0. The average Bonchev–Trinajstić information content (AvgIpc) is 2.50. The number of hydrogen-bond acceptors (Lipinski definition) is 4. The van der Waals surface area contributed by atoms with Gasteiger partial charge in [-0.1, -0.05) is 26.3 Å². The van der Waals surface area contributed by atoms with Crippen LogP contribution in [0, 0.1) is 0 Å². The van der Waals surface area contributed by atoms with Crippen molar-refractivity contribution in [2.75, 3.05) is 27.3 Å². The van der Waals surface area contributed by atoms with Crippen LogP contribution in [-0.4, -0.2) is 43.3 Å². The predicted octanol–water partition coefficient (Wildman–Crippen LogP) is 2.95. The maximum Gasteiger partial charge on any atom is 0.325 e. The molecule has 1 unspecified atom stereocenters. The second-order valence-corrected chi connectivity index (χ2v) is 4.84. The SMILES string of the molecule is CCCCN(CC)C(C(=O)O)c1ccc(OC)c(OC)c1. The fourth-order valence-electron chi connectivity index (χ4n) is 2.36. The van der Waals surface area contributed by atoms with E-state index in [4.69, 9.17) is 9.47 Å². The van der Waals surface area contributed by atoms with Crippen molar-refractivity contribution in [2.24, 2.45) is 0 Å². The van der Waals surface area contributed by atoms with E-state index in [1.165, 1.54) is 0 Å². The van der Waals surface area contributed by atoms with Gasteiger partial charge in [-0.15, -0.1) is 0 Å². The van der Waals surface area contributed by atoms with Crippen LogP contribution in [0.2, 0.25) is 0 Å². The van der Waals surface area contributed by atoms with Crippen LogP contribution in [-0.2, 0) is 4.79 Å². The maximum atomic E-state index is 11.7. The van der Waals surface area contributed by atoms with Gasteiger partial charge in [0.05, 0.1) is 14.2 Å². The largest absolute Gasteiger partial charge is 0.493 e. The van der Waals surface area contributed by atoms with Gasteiger partial charge in [0.1, 0.15) is 6.04 Å². The Morgan fingerprint density at radius 3 is 2.38 bits per heavy atom. The molecule has 5 heteroatoms. The van der Waals surface area contributed by atoms with Crippen LogP contribution in [0.4, 0.5) is 0 Å². The zero-order valence-corrected chi connectivity index (χ0v) is 13.3. The second-order valence-electron chi connectivity index (χ2n) is 4.84. The molecule has 118 valence electrons. The van der Waals surface area contributed by atoms with E-state index in [9.17, 15) is 9.90 Å². The van der Waals surface area contributed by atoms with Crippen LogP contribution in [0.5, 0.6) is 11.5 Å². The van der Waals surface area contributed by atoms with E-state index >= 15 is 0 Å². The monoisotopic (exact) mass is 295 g/mol. The summed E-state index contributed by atoms with van der Waals surface area (Å²) in [5.74, 6) is 0.301. The molecule has 0 radical (unpaired) electrons. The lowest BCUT2D eigenvalue weighted by Gasteiger charge is -2.28. The lowest BCUT2D eigenvalue weighted by atomic mass is 10.0. The Morgan fingerprint density at radius 2 is 1.90 bits per heavy atom. The molecule has 0 amide bonds. The maximum absolute atomic E-state index is 11.7. The van der Waals surface area contributed by atoms with E-state index in [0.717, 1.165) is 19.4 Å². The number of methoxy groups -OCH3 is 2.